The van der Waals surface area contributed by atoms with E-state index in [1.807, 2.05) is 34.0 Å². The van der Waals surface area contributed by atoms with Gasteiger partial charge in [-0.2, -0.15) is 0 Å². The molecule has 0 fully saturated rings. The van der Waals surface area contributed by atoms with Gasteiger partial charge in [-0.25, -0.2) is 0 Å². The Morgan fingerprint density at radius 3 is 2.38 bits per heavy atom. The smallest absolute Gasteiger partial charge is 0.0375 e. The summed E-state index contributed by atoms with van der Waals surface area (Å²) in [4.78, 5) is 4.22. The highest BCUT2D eigenvalue weighted by atomic mass is 14.8. The van der Waals surface area contributed by atoms with Crippen molar-refractivity contribution in [3.63, 3.8) is 0 Å². The van der Waals surface area contributed by atoms with Crippen LogP contribution in [0.5, 0.6) is 0 Å². The molecule has 1 aromatic rings. The van der Waals surface area contributed by atoms with E-state index < -0.39 is 0 Å². The topological polar surface area (TPSA) is 24.9 Å². The summed E-state index contributed by atoms with van der Waals surface area (Å²) in [5, 5.41) is 3.10. The van der Waals surface area contributed by atoms with Crippen LogP contribution in [-0.4, -0.2) is 12.0 Å². The van der Waals surface area contributed by atoms with Crippen LogP contribution in [0, 0.1) is 13.8 Å². The number of nitrogens with zero attached hydrogens (tertiary/aromatic N) is 1. The van der Waals surface area contributed by atoms with Gasteiger partial charge in [-0.3, -0.25) is 4.98 Å². The second-order valence-corrected chi connectivity index (χ2v) is 2.78. The molecule has 0 amide bonds. The number of aromatic nitrogens is 1. The fourth-order valence-electron chi connectivity index (χ4n) is 1.10. The van der Waals surface area contributed by atoms with Gasteiger partial charge in [0.1, 0.15) is 0 Å². The van der Waals surface area contributed by atoms with Gasteiger partial charge in [-0.05, 0) is 38.1 Å². The third kappa shape index (κ3) is 4.04. The Hall–Kier alpha value is -0.890. The number of aryl methyl sites for hydroxylation is 2. The Labute approximate surface area is 81.4 Å². The molecule has 74 valence electrons. The number of hydrogen-bond acceptors (Lipinski definition) is 2. The second-order valence-electron chi connectivity index (χ2n) is 2.78. The predicted octanol–water partition coefficient (Wildman–Crippen LogP) is 2.44. The van der Waals surface area contributed by atoms with Crippen molar-refractivity contribution in [3.05, 3.63) is 29.1 Å². The highest BCUT2D eigenvalue weighted by Crippen LogP contribution is 2.06. The van der Waals surface area contributed by atoms with E-state index in [4.69, 9.17) is 0 Å². The minimum absolute atomic E-state index is 0.902. The molecule has 1 rings (SSSR count). The van der Waals surface area contributed by atoms with E-state index in [1.165, 1.54) is 11.1 Å². The lowest BCUT2D eigenvalue weighted by Gasteiger charge is -2.04. The van der Waals surface area contributed by atoms with Crippen LogP contribution in [0.4, 0.5) is 0 Å². The summed E-state index contributed by atoms with van der Waals surface area (Å²) < 4.78 is 0. The summed E-state index contributed by atoms with van der Waals surface area (Å²) >= 11 is 0. The van der Waals surface area contributed by atoms with Gasteiger partial charge in [0.25, 0.3) is 0 Å². The summed E-state index contributed by atoms with van der Waals surface area (Å²) in [6.07, 6.45) is 1.93. The van der Waals surface area contributed by atoms with Crippen molar-refractivity contribution >= 4 is 0 Å². The molecule has 0 atom stereocenters. The van der Waals surface area contributed by atoms with E-state index >= 15 is 0 Å². The molecular formula is C11H20N2. The Balaban J connectivity index is 0.000000671. The van der Waals surface area contributed by atoms with Gasteiger partial charge >= 0.3 is 0 Å². The van der Waals surface area contributed by atoms with E-state index in [0.717, 1.165) is 12.2 Å². The number of rotatable bonds is 2. The van der Waals surface area contributed by atoms with Crippen LogP contribution in [0.1, 0.15) is 30.7 Å². The molecule has 0 aliphatic heterocycles. The van der Waals surface area contributed by atoms with Crippen LogP contribution in [0.15, 0.2) is 12.3 Å². The van der Waals surface area contributed by atoms with E-state index in [2.05, 4.69) is 23.3 Å². The predicted molar refractivity (Wildman–Crippen MR) is 57.8 cm³/mol. The average molecular weight is 180 g/mol. The molecule has 1 N–H and O–H groups in total. The fourth-order valence-corrected chi connectivity index (χ4v) is 1.10. The molecule has 0 spiro atoms. The van der Waals surface area contributed by atoms with Crippen LogP contribution in [0.2, 0.25) is 0 Å². The molecule has 13 heavy (non-hydrogen) atoms. The van der Waals surface area contributed by atoms with Gasteiger partial charge in [0.15, 0.2) is 0 Å². The molecule has 1 aromatic heterocycles. The van der Waals surface area contributed by atoms with Gasteiger partial charge in [0.2, 0.25) is 0 Å². The van der Waals surface area contributed by atoms with Gasteiger partial charge in [0.05, 0.1) is 0 Å². The first kappa shape index (κ1) is 12.1. The van der Waals surface area contributed by atoms with Gasteiger partial charge in [-0.15, -0.1) is 0 Å². The second kappa shape index (κ2) is 6.61. The zero-order valence-corrected chi connectivity index (χ0v) is 9.31. The highest BCUT2D eigenvalue weighted by molar-refractivity contribution is 5.24. The van der Waals surface area contributed by atoms with Crippen molar-refractivity contribution in [2.75, 3.05) is 7.05 Å². The summed E-state index contributed by atoms with van der Waals surface area (Å²) in [6.45, 7) is 9.02. The van der Waals surface area contributed by atoms with Crippen molar-refractivity contribution in [1.82, 2.24) is 10.3 Å². The lowest BCUT2D eigenvalue weighted by Crippen LogP contribution is -2.07. The maximum absolute atomic E-state index is 4.22. The minimum atomic E-state index is 0.902. The van der Waals surface area contributed by atoms with Crippen LogP contribution in [0.3, 0.4) is 0 Å². The van der Waals surface area contributed by atoms with Gasteiger partial charge < -0.3 is 5.32 Å². The standard InChI is InChI=1S/C9H14N2.C2H6/c1-7-4-8(2)11-6-9(7)5-10-3;1-2/h4,6,10H,5H2,1-3H3;1-2H3. The molecule has 1 heterocycles. The number of hydrogen-bond donors (Lipinski definition) is 1. The monoisotopic (exact) mass is 180 g/mol. The third-order valence-electron chi connectivity index (χ3n) is 1.72. The minimum Gasteiger partial charge on any atom is -0.316 e. The van der Waals surface area contributed by atoms with Crippen molar-refractivity contribution < 1.29 is 0 Å². The molecule has 0 aliphatic rings. The Bertz CT molecular complexity index is 244. The lowest BCUT2D eigenvalue weighted by atomic mass is 10.1. The summed E-state index contributed by atoms with van der Waals surface area (Å²) in [7, 11) is 1.94. The highest BCUT2D eigenvalue weighted by Gasteiger charge is 1.96. The van der Waals surface area contributed by atoms with E-state index in [9.17, 15) is 0 Å². The maximum Gasteiger partial charge on any atom is 0.0375 e. The van der Waals surface area contributed by atoms with Crippen molar-refractivity contribution in [3.8, 4) is 0 Å². The normalized spacial score (nSPS) is 9.00. The third-order valence-corrected chi connectivity index (χ3v) is 1.72. The first-order valence-electron chi connectivity index (χ1n) is 4.80. The first-order valence-corrected chi connectivity index (χ1v) is 4.80. The van der Waals surface area contributed by atoms with Gasteiger partial charge in [-0.1, -0.05) is 13.8 Å². The zero-order chi connectivity index (χ0) is 10.3. The van der Waals surface area contributed by atoms with Crippen LogP contribution in [-0.2, 0) is 6.54 Å². The van der Waals surface area contributed by atoms with E-state index in [-0.39, 0.29) is 0 Å². The van der Waals surface area contributed by atoms with Crippen molar-refractivity contribution in [2.45, 2.75) is 34.2 Å². The zero-order valence-electron chi connectivity index (χ0n) is 9.31. The van der Waals surface area contributed by atoms with Gasteiger partial charge in [0, 0.05) is 18.4 Å². The first-order chi connectivity index (χ1) is 6.24. The largest absolute Gasteiger partial charge is 0.316 e. The molecule has 0 aliphatic carbocycles. The fraction of sp³-hybridized carbons (Fsp3) is 0.545. The number of nitrogens with one attached hydrogen (secondary N) is 1. The van der Waals surface area contributed by atoms with Crippen LogP contribution < -0.4 is 5.32 Å². The maximum atomic E-state index is 4.22. The van der Waals surface area contributed by atoms with Crippen LogP contribution >= 0.6 is 0 Å². The summed E-state index contributed by atoms with van der Waals surface area (Å²) in [6, 6.07) is 2.10. The molecule has 0 bridgehead atoms. The molecule has 0 aromatic carbocycles. The quantitative estimate of drug-likeness (QED) is 0.756. The Morgan fingerprint density at radius 1 is 1.31 bits per heavy atom. The SMILES string of the molecule is CC.CNCc1cnc(C)cc1C. The van der Waals surface area contributed by atoms with Crippen molar-refractivity contribution in [2.24, 2.45) is 0 Å². The molecular weight excluding hydrogens is 160 g/mol. The molecule has 2 heteroatoms. The lowest BCUT2D eigenvalue weighted by molar-refractivity contribution is 0.805. The van der Waals surface area contributed by atoms with Crippen molar-refractivity contribution in [1.29, 1.82) is 0 Å². The molecule has 2 nitrogen and oxygen atoms in total. The summed E-state index contributed by atoms with van der Waals surface area (Å²) in [5.41, 5.74) is 3.67. The summed E-state index contributed by atoms with van der Waals surface area (Å²) in [5.74, 6) is 0. The molecule has 0 saturated carbocycles. The molecule has 0 radical (unpaired) electrons. The number of pyridine rings is 1. The van der Waals surface area contributed by atoms with Crippen LogP contribution in [0.25, 0.3) is 0 Å². The average Bonchev–Trinajstić information content (AvgIpc) is 2.14. The Kier molecular flexibility index (Phi) is 6.15. The molecule has 0 unspecified atom stereocenters. The van der Waals surface area contributed by atoms with E-state index in [0.29, 0.717) is 0 Å². The molecule has 0 saturated heterocycles. The van der Waals surface area contributed by atoms with E-state index in [1.54, 1.807) is 0 Å². The Morgan fingerprint density at radius 2 is 1.92 bits per heavy atom.